The predicted molar refractivity (Wildman–Crippen MR) is 58.7 cm³/mol. The zero-order chi connectivity index (χ0) is 13.2. The van der Waals surface area contributed by atoms with Crippen molar-refractivity contribution in [1.29, 1.82) is 0 Å². The number of primary sulfonamides is 1. The number of esters is 1. The molecule has 5 nitrogen and oxygen atoms in total. The van der Waals surface area contributed by atoms with Crippen LogP contribution in [0, 0.1) is 5.82 Å². The van der Waals surface area contributed by atoms with Crippen LogP contribution in [0.2, 0.25) is 5.02 Å². The fourth-order valence-corrected chi connectivity index (χ4v) is 1.82. The average molecular weight is 282 g/mol. The van der Waals surface area contributed by atoms with Crippen LogP contribution in [-0.2, 0) is 14.8 Å². The summed E-state index contributed by atoms with van der Waals surface area (Å²) in [7, 11) is -4.12. The summed E-state index contributed by atoms with van der Waals surface area (Å²) in [5.41, 5.74) is -0.377. The first-order valence-electron chi connectivity index (χ1n) is 4.46. The fraction of sp³-hybridized carbons (Fsp3) is 0.222. The van der Waals surface area contributed by atoms with Crippen molar-refractivity contribution >= 4 is 27.6 Å². The Labute approximate surface area is 102 Å². The normalized spacial score (nSPS) is 11.3. The molecule has 17 heavy (non-hydrogen) atoms. The molecule has 0 atom stereocenters. The van der Waals surface area contributed by atoms with E-state index in [-0.39, 0.29) is 12.2 Å². The Morgan fingerprint density at radius 1 is 1.53 bits per heavy atom. The van der Waals surface area contributed by atoms with Crippen molar-refractivity contribution < 1.29 is 22.3 Å². The summed E-state index contributed by atoms with van der Waals surface area (Å²) in [6.45, 7) is 1.60. The molecule has 94 valence electrons. The van der Waals surface area contributed by atoms with Crippen molar-refractivity contribution in [2.24, 2.45) is 5.14 Å². The number of hydrogen-bond donors (Lipinski definition) is 1. The first-order valence-corrected chi connectivity index (χ1v) is 6.38. The first-order chi connectivity index (χ1) is 7.77. The largest absolute Gasteiger partial charge is 0.462 e. The molecule has 2 N–H and O–H groups in total. The first kappa shape index (κ1) is 13.9. The summed E-state index contributed by atoms with van der Waals surface area (Å²) in [4.78, 5) is 10.8. The number of sulfonamides is 1. The number of ether oxygens (including phenoxy) is 1. The number of hydrogen-bond acceptors (Lipinski definition) is 4. The molecule has 0 spiro atoms. The Bertz CT molecular complexity index is 558. The fourth-order valence-electron chi connectivity index (χ4n) is 1.09. The highest BCUT2D eigenvalue weighted by molar-refractivity contribution is 7.89. The highest BCUT2D eigenvalue weighted by Crippen LogP contribution is 2.24. The number of halogens is 2. The van der Waals surface area contributed by atoms with Crippen LogP contribution in [0.15, 0.2) is 17.0 Å². The second-order valence-corrected chi connectivity index (χ2v) is 4.97. The summed E-state index contributed by atoms with van der Waals surface area (Å²) < 4.78 is 40.0. The molecule has 0 aliphatic carbocycles. The van der Waals surface area contributed by atoms with E-state index in [0.717, 1.165) is 6.07 Å². The molecule has 1 rings (SSSR count). The van der Waals surface area contributed by atoms with Gasteiger partial charge in [-0.1, -0.05) is 11.6 Å². The molecule has 1 aromatic rings. The van der Waals surface area contributed by atoms with Crippen LogP contribution in [0.25, 0.3) is 0 Å². The van der Waals surface area contributed by atoms with E-state index in [1.54, 1.807) is 6.92 Å². The molecule has 0 aromatic heterocycles. The molecule has 0 unspecified atom stereocenters. The monoisotopic (exact) mass is 281 g/mol. The number of benzene rings is 1. The maximum absolute atomic E-state index is 13.3. The molecule has 1 aromatic carbocycles. The van der Waals surface area contributed by atoms with E-state index in [2.05, 4.69) is 4.74 Å². The highest BCUT2D eigenvalue weighted by atomic mass is 35.5. The van der Waals surface area contributed by atoms with Gasteiger partial charge in [-0.15, -0.1) is 0 Å². The number of carbonyl (C=O) groups is 1. The van der Waals surface area contributed by atoms with Crippen LogP contribution in [0.1, 0.15) is 17.3 Å². The number of carbonyl (C=O) groups excluding carboxylic acids is 1. The molecule has 8 heteroatoms. The van der Waals surface area contributed by atoms with Crippen molar-refractivity contribution in [3.05, 3.63) is 28.5 Å². The summed E-state index contributed by atoms with van der Waals surface area (Å²) in [5.74, 6) is -1.97. The van der Waals surface area contributed by atoms with E-state index in [0.29, 0.717) is 6.07 Å². The lowest BCUT2D eigenvalue weighted by atomic mass is 10.2. The molecular formula is C9H9ClFNO4S. The zero-order valence-corrected chi connectivity index (χ0v) is 10.3. The van der Waals surface area contributed by atoms with E-state index in [1.165, 1.54) is 0 Å². The lowest BCUT2D eigenvalue weighted by Crippen LogP contribution is -2.15. The van der Waals surface area contributed by atoms with Crippen LogP contribution in [0.4, 0.5) is 4.39 Å². The van der Waals surface area contributed by atoms with Gasteiger partial charge < -0.3 is 4.74 Å². The third kappa shape index (κ3) is 3.15. The van der Waals surface area contributed by atoms with Gasteiger partial charge in [0.25, 0.3) is 0 Å². The van der Waals surface area contributed by atoms with Gasteiger partial charge in [0.2, 0.25) is 10.0 Å². The molecule has 0 fully saturated rings. The summed E-state index contributed by atoms with van der Waals surface area (Å²) in [6, 6.07) is 1.51. The van der Waals surface area contributed by atoms with Crippen molar-refractivity contribution in [3.63, 3.8) is 0 Å². The summed E-state index contributed by atoms with van der Waals surface area (Å²) in [5, 5.41) is 4.33. The minimum atomic E-state index is -4.12. The maximum atomic E-state index is 13.3. The number of rotatable bonds is 3. The van der Waals surface area contributed by atoms with E-state index in [1.807, 2.05) is 0 Å². The Hall–Kier alpha value is -1.18. The standard InChI is InChI=1S/C9H9ClFNO4S/c1-2-16-9(13)6-3-5(17(12,14)15)4-7(11)8(6)10/h3-4H,2H2,1H3,(H2,12,14,15). The Kier molecular flexibility index (Phi) is 4.07. The van der Waals surface area contributed by atoms with E-state index in [4.69, 9.17) is 16.7 Å². The molecule has 0 aliphatic rings. The van der Waals surface area contributed by atoms with Gasteiger partial charge in [0.05, 0.1) is 22.1 Å². The van der Waals surface area contributed by atoms with Crippen LogP contribution >= 0.6 is 11.6 Å². The van der Waals surface area contributed by atoms with Crippen molar-refractivity contribution in [1.82, 2.24) is 0 Å². The van der Waals surface area contributed by atoms with Gasteiger partial charge >= 0.3 is 5.97 Å². The Morgan fingerprint density at radius 2 is 2.12 bits per heavy atom. The second-order valence-electron chi connectivity index (χ2n) is 3.03. The van der Waals surface area contributed by atoms with Gasteiger partial charge in [-0.25, -0.2) is 22.7 Å². The lowest BCUT2D eigenvalue weighted by molar-refractivity contribution is 0.0525. The van der Waals surface area contributed by atoms with Crippen molar-refractivity contribution in [3.8, 4) is 0 Å². The van der Waals surface area contributed by atoms with Gasteiger partial charge in [-0.2, -0.15) is 0 Å². The van der Waals surface area contributed by atoms with E-state index < -0.39 is 31.7 Å². The Morgan fingerprint density at radius 3 is 2.59 bits per heavy atom. The molecule has 0 heterocycles. The van der Waals surface area contributed by atoms with Gasteiger partial charge in [0.1, 0.15) is 5.82 Å². The van der Waals surface area contributed by atoms with Gasteiger partial charge in [0.15, 0.2) is 0 Å². The van der Waals surface area contributed by atoms with Crippen molar-refractivity contribution in [2.45, 2.75) is 11.8 Å². The zero-order valence-electron chi connectivity index (χ0n) is 8.74. The van der Waals surface area contributed by atoms with Crippen LogP contribution in [0.3, 0.4) is 0 Å². The third-order valence-corrected chi connectivity index (χ3v) is 3.10. The maximum Gasteiger partial charge on any atom is 0.339 e. The molecule has 0 amide bonds. The van der Waals surface area contributed by atoms with Gasteiger partial charge in [-0.05, 0) is 19.1 Å². The van der Waals surface area contributed by atoms with Crippen molar-refractivity contribution in [2.75, 3.05) is 6.61 Å². The molecule has 0 saturated carbocycles. The summed E-state index contributed by atoms with van der Waals surface area (Å²) >= 11 is 5.53. The molecule has 0 aliphatic heterocycles. The van der Waals surface area contributed by atoms with Gasteiger partial charge in [0, 0.05) is 0 Å². The quantitative estimate of drug-likeness (QED) is 0.846. The SMILES string of the molecule is CCOC(=O)c1cc(S(N)(=O)=O)cc(F)c1Cl. The van der Waals surface area contributed by atoms with Crippen LogP contribution in [-0.4, -0.2) is 21.0 Å². The summed E-state index contributed by atoms with van der Waals surface area (Å²) in [6.07, 6.45) is 0. The highest BCUT2D eigenvalue weighted by Gasteiger charge is 2.20. The van der Waals surface area contributed by atoms with E-state index >= 15 is 0 Å². The molecule has 0 bridgehead atoms. The smallest absolute Gasteiger partial charge is 0.339 e. The minimum Gasteiger partial charge on any atom is -0.462 e. The topological polar surface area (TPSA) is 86.5 Å². The van der Waals surface area contributed by atoms with Crippen LogP contribution < -0.4 is 5.14 Å². The number of nitrogens with two attached hydrogens (primary N) is 1. The lowest BCUT2D eigenvalue weighted by Gasteiger charge is -2.07. The minimum absolute atomic E-state index is 0.0520. The molecular weight excluding hydrogens is 273 g/mol. The van der Waals surface area contributed by atoms with Gasteiger partial charge in [-0.3, -0.25) is 0 Å². The third-order valence-electron chi connectivity index (χ3n) is 1.83. The molecule has 0 saturated heterocycles. The predicted octanol–water partition coefficient (Wildman–Crippen LogP) is 1.30. The second kappa shape index (κ2) is 4.99. The Balaban J connectivity index is 3.40. The average Bonchev–Trinajstić information content (AvgIpc) is 2.20. The van der Waals surface area contributed by atoms with E-state index in [9.17, 15) is 17.6 Å². The van der Waals surface area contributed by atoms with Crippen LogP contribution in [0.5, 0.6) is 0 Å². The molecule has 0 radical (unpaired) electrons.